The Labute approximate surface area is 166 Å². The molecular weight excluding hydrogens is 366 g/mol. The van der Waals surface area contributed by atoms with Crippen LogP contribution in [0.3, 0.4) is 0 Å². The highest BCUT2D eigenvalue weighted by Crippen LogP contribution is 2.28. The largest absolute Gasteiger partial charge is 0.478 e. The molecule has 0 saturated carbocycles. The van der Waals surface area contributed by atoms with Gasteiger partial charge >= 0.3 is 5.97 Å². The zero-order valence-corrected chi connectivity index (χ0v) is 15.7. The Morgan fingerprint density at radius 1 is 1.07 bits per heavy atom. The van der Waals surface area contributed by atoms with Gasteiger partial charge in [0, 0.05) is 5.69 Å². The highest BCUT2D eigenvalue weighted by molar-refractivity contribution is 6.03. The third-order valence-electron chi connectivity index (χ3n) is 5.12. The quantitative estimate of drug-likeness (QED) is 0.477. The van der Waals surface area contributed by atoms with E-state index in [2.05, 4.69) is 40.4 Å². The Balaban J connectivity index is 1.63. The fourth-order valence-corrected chi connectivity index (χ4v) is 3.66. The molecule has 0 spiro atoms. The highest BCUT2D eigenvalue weighted by atomic mass is 16.4. The van der Waals surface area contributed by atoms with E-state index in [4.69, 9.17) is 4.42 Å². The maximum Gasteiger partial charge on any atom is 0.336 e. The number of furan rings is 1. The summed E-state index contributed by atoms with van der Waals surface area (Å²) in [6, 6.07) is 19.5. The molecule has 0 aliphatic carbocycles. The predicted molar refractivity (Wildman–Crippen MR) is 110 cm³/mol. The lowest BCUT2D eigenvalue weighted by Gasteiger charge is -2.06. The lowest BCUT2D eigenvalue weighted by atomic mass is 10.1. The van der Waals surface area contributed by atoms with Crippen LogP contribution in [0.25, 0.3) is 33.3 Å². The van der Waals surface area contributed by atoms with Crippen LogP contribution in [0, 0.1) is 6.92 Å². The van der Waals surface area contributed by atoms with Crippen molar-refractivity contribution >= 4 is 27.8 Å². The van der Waals surface area contributed by atoms with E-state index < -0.39 is 5.97 Å². The van der Waals surface area contributed by atoms with E-state index in [1.807, 2.05) is 19.1 Å². The first-order chi connectivity index (χ1) is 14.1. The highest BCUT2D eigenvalue weighted by Gasteiger charge is 2.20. The summed E-state index contributed by atoms with van der Waals surface area (Å²) < 4.78 is 7.19. The van der Waals surface area contributed by atoms with E-state index in [0.29, 0.717) is 29.0 Å². The lowest BCUT2D eigenvalue weighted by molar-refractivity contribution is 0.0699. The predicted octanol–water partition coefficient (Wildman–Crippen LogP) is 4.90. The normalized spacial score (nSPS) is 11.3. The first kappa shape index (κ1) is 17.2. The standard InChI is InChI=1S/C23H17N3O3/c1-14-21-18(23(27)28)12-19(20-7-4-10-29-20)24-22(21)25-26(14)13-15-8-9-16-5-2-3-6-17(16)11-15/h2-12H,13H2,1H3,(H,27,28). The van der Waals surface area contributed by atoms with Crippen LogP contribution in [0.2, 0.25) is 0 Å². The van der Waals surface area contributed by atoms with Gasteiger partial charge in [0.2, 0.25) is 0 Å². The SMILES string of the molecule is Cc1c2c(C(=O)O)cc(-c3ccco3)nc2nn1Cc1ccc2ccccc2c1. The molecule has 3 aromatic heterocycles. The van der Waals surface area contributed by atoms with Gasteiger partial charge in [0.15, 0.2) is 11.4 Å². The number of carboxylic acid groups (broad SMARTS) is 1. The van der Waals surface area contributed by atoms with Gasteiger partial charge in [-0.25, -0.2) is 9.78 Å². The van der Waals surface area contributed by atoms with E-state index in [1.165, 1.54) is 11.6 Å². The number of aromatic carboxylic acids is 1. The van der Waals surface area contributed by atoms with Crippen LogP contribution in [0.1, 0.15) is 21.6 Å². The van der Waals surface area contributed by atoms with Crippen molar-refractivity contribution in [1.82, 2.24) is 14.8 Å². The monoisotopic (exact) mass is 383 g/mol. The second kappa shape index (κ2) is 6.60. The van der Waals surface area contributed by atoms with Crippen LogP contribution < -0.4 is 0 Å². The van der Waals surface area contributed by atoms with Crippen molar-refractivity contribution in [3.63, 3.8) is 0 Å². The Kier molecular flexibility index (Phi) is 3.91. The number of hydrogen-bond donors (Lipinski definition) is 1. The molecule has 6 nitrogen and oxygen atoms in total. The minimum absolute atomic E-state index is 0.170. The molecule has 0 aliphatic heterocycles. The topological polar surface area (TPSA) is 81.2 Å². The summed E-state index contributed by atoms with van der Waals surface area (Å²) in [7, 11) is 0. The van der Waals surface area contributed by atoms with Crippen LogP contribution in [0.4, 0.5) is 0 Å². The summed E-state index contributed by atoms with van der Waals surface area (Å²) in [4.78, 5) is 16.5. The van der Waals surface area contributed by atoms with E-state index >= 15 is 0 Å². The number of carboxylic acids is 1. The Hall–Kier alpha value is -3.93. The molecule has 5 aromatic rings. The van der Waals surface area contributed by atoms with Crippen molar-refractivity contribution in [2.45, 2.75) is 13.5 Å². The summed E-state index contributed by atoms with van der Waals surface area (Å²) in [5.41, 5.74) is 2.88. The Morgan fingerprint density at radius 3 is 2.66 bits per heavy atom. The third-order valence-corrected chi connectivity index (χ3v) is 5.12. The van der Waals surface area contributed by atoms with Crippen molar-refractivity contribution < 1.29 is 14.3 Å². The molecule has 0 atom stereocenters. The van der Waals surface area contributed by atoms with Crippen LogP contribution in [-0.2, 0) is 6.54 Å². The summed E-state index contributed by atoms with van der Waals surface area (Å²) in [6.07, 6.45) is 1.53. The van der Waals surface area contributed by atoms with Crippen LogP contribution in [-0.4, -0.2) is 25.8 Å². The molecule has 6 heteroatoms. The maximum atomic E-state index is 11.9. The number of nitrogens with zero attached hydrogens (tertiary/aromatic N) is 3. The van der Waals surface area contributed by atoms with Gasteiger partial charge in [-0.1, -0.05) is 36.4 Å². The van der Waals surface area contributed by atoms with Crippen molar-refractivity contribution in [3.8, 4) is 11.5 Å². The molecule has 0 bridgehead atoms. The van der Waals surface area contributed by atoms with Gasteiger partial charge in [0.25, 0.3) is 0 Å². The molecule has 0 unspecified atom stereocenters. The molecular formula is C23H17N3O3. The number of hydrogen-bond acceptors (Lipinski definition) is 4. The molecule has 0 radical (unpaired) electrons. The van der Waals surface area contributed by atoms with Gasteiger partial charge in [0.1, 0.15) is 5.69 Å². The molecule has 5 rings (SSSR count). The van der Waals surface area contributed by atoms with Gasteiger partial charge in [-0.3, -0.25) is 4.68 Å². The number of benzene rings is 2. The summed E-state index contributed by atoms with van der Waals surface area (Å²) >= 11 is 0. The minimum atomic E-state index is -1.02. The maximum absolute atomic E-state index is 11.9. The number of fused-ring (bicyclic) bond motifs is 2. The number of aromatic nitrogens is 3. The van der Waals surface area contributed by atoms with Gasteiger partial charge in [0.05, 0.1) is 23.8 Å². The lowest BCUT2D eigenvalue weighted by Crippen LogP contribution is -2.04. The van der Waals surface area contributed by atoms with Crippen LogP contribution in [0.5, 0.6) is 0 Å². The van der Waals surface area contributed by atoms with E-state index in [0.717, 1.165) is 16.6 Å². The second-order valence-corrected chi connectivity index (χ2v) is 6.96. The van der Waals surface area contributed by atoms with Gasteiger partial charge < -0.3 is 9.52 Å². The number of pyridine rings is 1. The third kappa shape index (κ3) is 2.95. The Bertz CT molecular complexity index is 1370. The van der Waals surface area contributed by atoms with E-state index in [9.17, 15) is 9.90 Å². The van der Waals surface area contributed by atoms with Crippen molar-refractivity contribution in [2.75, 3.05) is 0 Å². The number of carbonyl (C=O) groups is 1. The molecule has 142 valence electrons. The Morgan fingerprint density at radius 2 is 1.90 bits per heavy atom. The molecule has 0 fully saturated rings. The number of rotatable bonds is 4. The molecule has 29 heavy (non-hydrogen) atoms. The summed E-state index contributed by atoms with van der Waals surface area (Å²) in [6.45, 7) is 2.40. The molecule has 0 amide bonds. The first-order valence-corrected chi connectivity index (χ1v) is 9.23. The zero-order chi connectivity index (χ0) is 20.0. The van der Waals surface area contributed by atoms with Crippen LogP contribution >= 0.6 is 0 Å². The fourth-order valence-electron chi connectivity index (χ4n) is 3.66. The molecule has 0 saturated heterocycles. The minimum Gasteiger partial charge on any atom is -0.478 e. The van der Waals surface area contributed by atoms with Crippen molar-refractivity contribution in [2.24, 2.45) is 0 Å². The molecule has 0 aliphatic rings. The van der Waals surface area contributed by atoms with E-state index in [1.54, 1.807) is 22.9 Å². The fraction of sp³-hybridized carbons (Fsp3) is 0.0870. The smallest absolute Gasteiger partial charge is 0.336 e. The van der Waals surface area contributed by atoms with Gasteiger partial charge in [-0.05, 0) is 47.5 Å². The van der Waals surface area contributed by atoms with Gasteiger partial charge in [-0.15, -0.1) is 0 Å². The summed E-state index contributed by atoms with van der Waals surface area (Å²) in [5, 5.41) is 17.2. The van der Waals surface area contributed by atoms with Crippen molar-refractivity contribution in [1.29, 1.82) is 0 Å². The first-order valence-electron chi connectivity index (χ1n) is 9.23. The zero-order valence-electron chi connectivity index (χ0n) is 15.7. The average Bonchev–Trinajstić information content (AvgIpc) is 3.36. The molecule has 1 N–H and O–H groups in total. The van der Waals surface area contributed by atoms with Crippen LogP contribution in [0.15, 0.2) is 71.3 Å². The second-order valence-electron chi connectivity index (χ2n) is 6.96. The van der Waals surface area contributed by atoms with Crippen molar-refractivity contribution in [3.05, 3.63) is 83.7 Å². The van der Waals surface area contributed by atoms with E-state index in [-0.39, 0.29) is 5.56 Å². The number of aryl methyl sites for hydroxylation is 1. The molecule has 3 heterocycles. The summed E-state index contributed by atoms with van der Waals surface area (Å²) in [5.74, 6) is -0.505. The average molecular weight is 383 g/mol. The molecule has 2 aromatic carbocycles. The van der Waals surface area contributed by atoms with Gasteiger partial charge in [-0.2, -0.15) is 5.10 Å².